The molecule has 0 radical (unpaired) electrons. The molecule has 0 saturated heterocycles. The molecule has 0 heterocycles. The molecule has 0 aliphatic heterocycles. The molecule has 0 saturated carbocycles. The average molecular weight is 1910 g/mol. The Kier molecular flexibility index (Phi) is 20.8. The van der Waals surface area contributed by atoms with Crippen molar-refractivity contribution in [2.45, 2.75) is 297 Å². The molecule has 12 rings (SSSR count). The third-order valence-corrected chi connectivity index (χ3v) is 20.6. The first-order valence-corrected chi connectivity index (χ1v) is 41.7. The van der Waals surface area contributed by atoms with Gasteiger partial charge >= 0.3 is 51.4 Å². The van der Waals surface area contributed by atoms with Gasteiger partial charge in [-0.05, 0) is 266 Å². The summed E-state index contributed by atoms with van der Waals surface area (Å²) in [6.45, 7) is 55.6. The van der Waals surface area contributed by atoms with Gasteiger partial charge in [0.25, 0.3) is 0 Å². The third kappa shape index (κ3) is 27.2. The summed E-state index contributed by atoms with van der Waals surface area (Å²) in [7, 11) is 0. The number of hydrogen-bond donors (Lipinski definition) is 0. The molecule has 0 atom stereocenters. The topological polar surface area (TPSA) is 9.72 Å². The van der Waals surface area contributed by atoms with Crippen molar-refractivity contribution in [2.75, 3.05) is 14.7 Å². The van der Waals surface area contributed by atoms with Crippen molar-refractivity contribution in [1.82, 2.24) is 0 Å². The quantitative estimate of drug-likeness (QED) is 0.0841. The molecule has 660 valence electrons. The predicted molar refractivity (Wildman–Crippen MR) is 548 cm³/mol. The fourth-order valence-electron chi connectivity index (χ4n) is 11.8. The van der Waals surface area contributed by atoms with E-state index < -0.39 is 232 Å². The van der Waals surface area contributed by atoms with Gasteiger partial charge in [-0.15, -0.1) is 0 Å². The van der Waals surface area contributed by atoms with Crippen LogP contribution in [0.5, 0.6) is 0 Å². The van der Waals surface area contributed by atoms with Gasteiger partial charge in [0, 0.05) is 34.0 Å². The fourth-order valence-corrected chi connectivity index (χ4v) is 12.6. The van der Waals surface area contributed by atoms with Crippen LogP contribution in [0.25, 0.3) is 22.3 Å². The molecule has 125 heavy (non-hydrogen) atoms. The van der Waals surface area contributed by atoms with Crippen molar-refractivity contribution in [3.05, 3.63) is 347 Å². The van der Waals surface area contributed by atoms with E-state index >= 15 is 0 Å². The monoisotopic (exact) mass is 1900 g/mol. The first-order valence-electron chi connectivity index (χ1n) is 59.6. The molecule has 0 N–H and O–H groups in total. The average Bonchev–Trinajstić information content (AvgIpc) is 0.716. The normalized spacial score (nSPS) is 16.5. The van der Waals surface area contributed by atoms with Gasteiger partial charge in [0.1, 0.15) is 0 Å². The van der Waals surface area contributed by atoms with Crippen molar-refractivity contribution in [2.24, 2.45) is 0 Å². The zero-order valence-electron chi connectivity index (χ0n) is 116. The van der Waals surface area contributed by atoms with E-state index in [1.807, 2.05) is 0 Å². The molecule has 0 spiro atoms. The van der Waals surface area contributed by atoms with Crippen LogP contribution in [0.15, 0.2) is 254 Å². The minimum Gasteiger partial charge on any atom is -1.00 e. The van der Waals surface area contributed by atoms with Crippen LogP contribution in [-0.4, -0.2) is 0 Å². The predicted octanol–water partition coefficient (Wildman–Crippen LogP) is 31.2. The summed E-state index contributed by atoms with van der Waals surface area (Å²) < 4.78 is 351. The van der Waals surface area contributed by atoms with E-state index in [0.29, 0.717) is 5.56 Å². The van der Waals surface area contributed by atoms with Crippen molar-refractivity contribution in [3.63, 3.8) is 0 Å². The molecule has 0 unspecified atom stereocenters. The molecule has 12 aromatic carbocycles. The van der Waals surface area contributed by atoms with Crippen molar-refractivity contribution >= 4 is 86.0 Å². The van der Waals surface area contributed by atoms with Crippen molar-refractivity contribution in [3.8, 4) is 22.3 Å². The maximum atomic E-state index is 10.1. The Morgan fingerprint density at radius 1 is 0.248 bits per heavy atom. The number of rotatable bonds is 13. The minimum atomic E-state index is -1.10. The standard InChI is InChI=1S/C57H69ClN2.C31H40.C27H31Cl2N.2CH4.HI.K/c1-38-35-50(59(45-28-21-41(22-29-45)54(5,6)7)46-30-23-42(24-31-46)55(8,9)10)52(58)51(36-38)60(47-32-25-43(26-33-47)56(11,12)13)49-34-27-44(57(14,15)16)37-48(49)39-17-19-40(20-18-39)53(2,3)4;1-29(2,3)25-15-10-22(11-16-25)20-24-14-19-27(31(7,8)9)21-28(24)23-12-17-26(18-13-23)30(4,5)6;1-18-16-23(28)25(29)24(17-18)30(21-12-8-19(9-13-21)26(2,3)4)22-14-10-20(11-15-22)27(5,6)7;;;;/h17-37H,1-16H3;10-19,21H,20H2,1-9H3;8-17H,1-7H3;2*1H4;1H;/q;;;;;;+1/p-1/i17D,18D,19D,20D,21D,22D,23D,24D,25D,26D,27D,28D,29D,30D,31D,32D,33D,34D,37D;10D,11D,12D,13D,14D,15D,16D,17D,18D,19D,21D;8D,9D,10D,11D,12D,13D,14D,15D;;;;. The van der Waals surface area contributed by atoms with Crippen LogP contribution in [-0.2, 0) is 60.6 Å². The Morgan fingerprint density at radius 3 is 0.752 bits per heavy atom. The summed E-state index contributed by atoms with van der Waals surface area (Å²) in [6, 6.07) is -10.9. The zero-order chi connectivity index (χ0) is 123. The molecule has 0 aliphatic rings. The number of benzene rings is 12. The van der Waals surface area contributed by atoms with E-state index in [2.05, 4.69) is 0 Å². The first kappa shape index (κ1) is 62.5. The Bertz CT molecular complexity index is 7620. The maximum absolute atomic E-state index is 10.1. The summed E-state index contributed by atoms with van der Waals surface area (Å²) in [5.41, 5.74) is -11.2. The summed E-state index contributed by atoms with van der Waals surface area (Å²) >= 11 is 20.9. The van der Waals surface area contributed by atoms with Gasteiger partial charge < -0.3 is 38.7 Å². The first-order chi connectivity index (χ1) is 71.8. The molecular formula is C117H148Cl3IKN3. The fraction of sp³-hybridized carbons (Fsp3) is 0.385. The summed E-state index contributed by atoms with van der Waals surface area (Å²) in [5, 5.41) is -0.359. The van der Waals surface area contributed by atoms with E-state index in [4.69, 9.17) is 59.5 Å². The maximum Gasteiger partial charge on any atom is 1.00 e. The van der Waals surface area contributed by atoms with Crippen LogP contribution in [0, 0.1) is 13.8 Å². The van der Waals surface area contributed by atoms with E-state index in [0.717, 1.165) is 9.80 Å². The van der Waals surface area contributed by atoms with Crippen LogP contribution in [0.4, 0.5) is 51.2 Å². The molecule has 0 amide bonds. The summed E-state index contributed by atoms with van der Waals surface area (Å²) in [4.78, 5) is 3.17. The SMILES string of the molecule is C.C.[2H]c1c([2H])c(C(C)(C)C)c([2H])c([2H])c1-c1c([2H])c(C(C)(C)C)c([2H])c([2H])c1N(c1cc(C)cc(N(c2c([2H])c([2H])c(C(C)(C)C)c([2H])c2[2H])c2c([2H])c([2H])c(C(C)(C)C)c([2H])c2[2H])c1Cl)c1c([2H])c([2H])c(C(C)(C)C)c([2H])c1[2H].[2H]c1c([2H])c(C(C)(C)C)c([2H])c([2H])c1Cc1c([2H])c([2H])c(C(C)(C)C)c([2H])c1-c1c([2H])c([2H])c(C(C)(C)C)c([2H])c1[2H].[2H]c1c([2H])c(C(C)(C)C)c([2H])c([2H])c1N(c1cc(C)cc(Cl)c1Cl)c1c([2H])c([2H])c(C(C)(C)C)c([2H])c1[2H].[I-].[K+]. The molecular weight excluding hydrogens is 1720 g/mol. The van der Waals surface area contributed by atoms with Gasteiger partial charge in [-0.1, -0.05) is 414 Å². The van der Waals surface area contributed by atoms with Crippen LogP contribution in [0.2, 0.25) is 15.1 Å². The molecule has 8 heteroatoms. The number of halogens is 4. The van der Waals surface area contributed by atoms with E-state index in [-0.39, 0.29) is 309 Å². The number of aryl methyl sites for hydroxylation is 2. The van der Waals surface area contributed by atoms with E-state index in [1.54, 1.807) is 234 Å². The van der Waals surface area contributed by atoms with Crippen LogP contribution in [0.3, 0.4) is 0 Å². The largest absolute Gasteiger partial charge is 1.00 e. The number of nitrogens with zero attached hydrogens (tertiary/aromatic N) is 3. The Hall–Kier alpha value is -6.72. The van der Waals surface area contributed by atoms with Gasteiger partial charge in [0.05, 0.1) is 89.9 Å². The van der Waals surface area contributed by atoms with Crippen molar-refractivity contribution in [1.29, 1.82) is 0 Å². The second kappa shape index (κ2) is 41.6. The van der Waals surface area contributed by atoms with Crippen LogP contribution < -0.4 is 90.1 Å². The van der Waals surface area contributed by atoms with Gasteiger partial charge in [0.15, 0.2) is 0 Å². The van der Waals surface area contributed by atoms with E-state index in [9.17, 15) is 27.4 Å². The minimum absolute atomic E-state index is 0. The van der Waals surface area contributed by atoms with E-state index in [1.165, 1.54) is 17.0 Å². The molecule has 0 bridgehead atoms. The number of hydrogen-bond acceptors (Lipinski definition) is 3. The zero-order valence-corrected chi connectivity index (χ0v) is 85.4. The van der Waals surface area contributed by atoms with Gasteiger partial charge in [-0.3, -0.25) is 0 Å². The van der Waals surface area contributed by atoms with Gasteiger partial charge in [0.2, 0.25) is 0 Å². The molecule has 0 fully saturated rings. The van der Waals surface area contributed by atoms with Crippen LogP contribution in [0.1, 0.15) is 353 Å². The molecule has 0 aromatic heterocycles. The summed E-state index contributed by atoms with van der Waals surface area (Å²) in [5.74, 6) is 0. The molecule has 12 aromatic rings. The molecule has 0 aliphatic carbocycles. The molecule has 3 nitrogen and oxygen atoms in total. The second-order valence-electron chi connectivity index (χ2n) is 40.9. The van der Waals surface area contributed by atoms with Gasteiger partial charge in [-0.25, -0.2) is 0 Å². The smallest absolute Gasteiger partial charge is 1.00 e. The number of anilines is 9. The van der Waals surface area contributed by atoms with Crippen LogP contribution >= 0.6 is 34.8 Å². The summed E-state index contributed by atoms with van der Waals surface area (Å²) in [6.07, 6.45) is -0.364. The van der Waals surface area contributed by atoms with Crippen molar-refractivity contribution < 1.29 is 127 Å². The Morgan fingerprint density at radius 2 is 0.464 bits per heavy atom. The third-order valence-electron chi connectivity index (χ3n) is 19.4. The second-order valence-corrected chi connectivity index (χ2v) is 42.1. The Labute approximate surface area is 887 Å². The van der Waals surface area contributed by atoms with Gasteiger partial charge in [-0.2, -0.15) is 0 Å². The Balaban J connectivity index is 0.000000404.